The molecule has 0 saturated carbocycles. The molecule has 1 N–H and O–H groups in total. The molecule has 1 heterocycles. The highest BCUT2D eigenvalue weighted by Crippen LogP contribution is 2.19. The van der Waals surface area contributed by atoms with Gasteiger partial charge in [-0.05, 0) is 24.1 Å². The average Bonchev–Trinajstić information content (AvgIpc) is 2.87. The first-order valence-electron chi connectivity index (χ1n) is 6.51. The smallest absolute Gasteiger partial charge is 0.387 e. The van der Waals surface area contributed by atoms with Crippen molar-refractivity contribution < 1.29 is 23.4 Å². The third kappa shape index (κ3) is 3.90. The molecule has 0 aromatic heterocycles. The van der Waals surface area contributed by atoms with Gasteiger partial charge in [0.2, 0.25) is 5.91 Å². The molecule has 1 aliphatic heterocycles. The zero-order valence-corrected chi connectivity index (χ0v) is 11.0. The molecule has 1 aromatic rings. The third-order valence-electron chi connectivity index (χ3n) is 3.38. The number of ether oxygens (including phenoxy) is 1. The number of alkyl halides is 2. The fraction of sp³-hybridized carbons (Fsp3) is 0.500. The van der Waals surface area contributed by atoms with E-state index in [0.29, 0.717) is 18.7 Å². The number of nitrogens with zero attached hydrogens (tertiary/aromatic N) is 1. The number of likely N-dealkylation sites (tertiary alicyclic amines) is 1. The molecule has 1 aliphatic rings. The van der Waals surface area contributed by atoms with Crippen molar-refractivity contribution in [1.82, 2.24) is 4.90 Å². The molecule has 6 heteroatoms. The van der Waals surface area contributed by atoms with Crippen LogP contribution in [0.25, 0.3) is 0 Å². The molecule has 0 bridgehead atoms. The maximum atomic E-state index is 12.1. The summed E-state index contributed by atoms with van der Waals surface area (Å²) in [5.74, 6) is 0.141. The molecule has 2 rings (SSSR count). The predicted octanol–water partition coefficient (Wildman–Crippen LogP) is 1.67. The Kier molecular flexibility index (Phi) is 4.89. The van der Waals surface area contributed by atoms with Crippen LogP contribution in [-0.4, -0.2) is 42.2 Å². The predicted molar refractivity (Wildman–Crippen MR) is 68.6 cm³/mol. The molecule has 1 aromatic carbocycles. The van der Waals surface area contributed by atoms with Crippen LogP contribution < -0.4 is 4.74 Å². The fourth-order valence-electron chi connectivity index (χ4n) is 2.33. The van der Waals surface area contributed by atoms with E-state index in [9.17, 15) is 13.6 Å². The Labute approximate surface area is 116 Å². The van der Waals surface area contributed by atoms with Crippen molar-refractivity contribution in [3.8, 4) is 5.75 Å². The summed E-state index contributed by atoms with van der Waals surface area (Å²) in [5, 5.41) is 9.05. The third-order valence-corrected chi connectivity index (χ3v) is 3.38. The molecule has 0 radical (unpaired) electrons. The van der Waals surface area contributed by atoms with E-state index in [-0.39, 0.29) is 30.6 Å². The van der Waals surface area contributed by atoms with E-state index >= 15 is 0 Å². The Morgan fingerprint density at radius 3 is 2.95 bits per heavy atom. The second kappa shape index (κ2) is 6.65. The molecule has 1 amide bonds. The van der Waals surface area contributed by atoms with Gasteiger partial charge >= 0.3 is 6.61 Å². The van der Waals surface area contributed by atoms with Gasteiger partial charge in [-0.2, -0.15) is 8.78 Å². The second-order valence-electron chi connectivity index (χ2n) is 4.88. The average molecular weight is 285 g/mol. The van der Waals surface area contributed by atoms with Crippen molar-refractivity contribution in [2.75, 3.05) is 19.7 Å². The summed E-state index contributed by atoms with van der Waals surface area (Å²) in [6.45, 7) is -1.59. The summed E-state index contributed by atoms with van der Waals surface area (Å²) in [6, 6.07) is 6.16. The molecule has 4 nitrogen and oxygen atoms in total. The van der Waals surface area contributed by atoms with Gasteiger partial charge in [0.25, 0.3) is 0 Å². The molecule has 20 heavy (non-hydrogen) atoms. The minimum Gasteiger partial charge on any atom is -0.435 e. The zero-order valence-electron chi connectivity index (χ0n) is 11.0. The van der Waals surface area contributed by atoms with Crippen molar-refractivity contribution in [2.24, 2.45) is 5.92 Å². The highest BCUT2D eigenvalue weighted by molar-refractivity contribution is 5.79. The van der Waals surface area contributed by atoms with Gasteiger partial charge in [0, 0.05) is 25.6 Å². The van der Waals surface area contributed by atoms with Crippen LogP contribution in [0.5, 0.6) is 5.75 Å². The van der Waals surface area contributed by atoms with E-state index in [4.69, 9.17) is 5.11 Å². The van der Waals surface area contributed by atoms with Crippen LogP contribution >= 0.6 is 0 Å². The van der Waals surface area contributed by atoms with Gasteiger partial charge in [-0.1, -0.05) is 12.1 Å². The van der Waals surface area contributed by atoms with Gasteiger partial charge in [-0.25, -0.2) is 0 Å². The maximum absolute atomic E-state index is 12.1. The zero-order chi connectivity index (χ0) is 14.5. The molecular formula is C14H17F2NO3. The van der Waals surface area contributed by atoms with Gasteiger partial charge in [-0.3, -0.25) is 4.79 Å². The lowest BCUT2D eigenvalue weighted by Gasteiger charge is -2.16. The number of carbonyl (C=O) groups is 1. The molecule has 1 fully saturated rings. The number of carbonyl (C=O) groups excluding carboxylic acids is 1. The van der Waals surface area contributed by atoms with E-state index < -0.39 is 6.61 Å². The highest BCUT2D eigenvalue weighted by atomic mass is 19.3. The van der Waals surface area contributed by atoms with Gasteiger partial charge in [0.15, 0.2) is 0 Å². The Balaban J connectivity index is 1.94. The van der Waals surface area contributed by atoms with E-state index in [0.717, 1.165) is 6.42 Å². The Bertz CT molecular complexity index is 467. The van der Waals surface area contributed by atoms with Gasteiger partial charge in [0.05, 0.1) is 6.42 Å². The molecule has 110 valence electrons. The second-order valence-corrected chi connectivity index (χ2v) is 4.88. The molecule has 1 unspecified atom stereocenters. The number of hydrogen-bond donors (Lipinski definition) is 1. The standard InChI is InChI=1S/C14H17F2NO3/c15-14(16)20-12-3-1-2-10(6-12)7-13(19)17-5-4-11(8-17)9-18/h1-3,6,11,14,18H,4-5,7-9H2. The molecule has 1 atom stereocenters. The maximum Gasteiger partial charge on any atom is 0.387 e. The summed E-state index contributed by atoms with van der Waals surface area (Å²) in [5.41, 5.74) is 0.639. The van der Waals surface area contributed by atoms with Crippen LogP contribution in [0.15, 0.2) is 24.3 Å². The topological polar surface area (TPSA) is 49.8 Å². The number of aliphatic hydroxyl groups excluding tert-OH is 1. The van der Waals surface area contributed by atoms with Crippen LogP contribution in [0.3, 0.4) is 0 Å². The van der Waals surface area contributed by atoms with Crippen molar-refractivity contribution in [3.63, 3.8) is 0 Å². The number of hydrogen-bond acceptors (Lipinski definition) is 3. The monoisotopic (exact) mass is 285 g/mol. The van der Waals surface area contributed by atoms with Crippen LogP contribution in [0.2, 0.25) is 0 Å². The number of halogens is 2. The van der Waals surface area contributed by atoms with Crippen molar-refractivity contribution >= 4 is 5.91 Å². The lowest BCUT2D eigenvalue weighted by Crippen LogP contribution is -2.30. The first-order chi connectivity index (χ1) is 9.58. The summed E-state index contributed by atoms with van der Waals surface area (Å²) in [7, 11) is 0. The van der Waals surface area contributed by atoms with Crippen molar-refractivity contribution in [3.05, 3.63) is 29.8 Å². The highest BCUT2D eigenvalue weighted by Gasteiger charge is 2.25. The largest absolute Gasteiger partial charge is 0.435 e. The van der Waals surface area contributed by atoms with Gasteiger partial charge in [-0.15, -0.1) is 0 Å². The molecule has 0 aliphatic carbocycles. The molecule has 0 spiro atoms. The number of amides is 1. The minimum atomic E-state index is -2.87. The minimum absolute atomic E-state index is 0.0555. The fourth-order valence-corrected chi connectivity index (χ4v) is 2.33. The lowest BCUT2D eigenvalue weighted by atomic mass is 10.1. The van der Waals surface area contributed by atoms with E-state index in [2.05, 4.69) is 4.74 Å². The van der Waals surface area contributed by atoms with Gasteiger partial charge in [0.1, 0.15) is 5.75 Å². The first kappa shape index (κ1) is 14.7. The number of rotatable bonds is 5. The quantitative estimate of drug-likeness (QED) is 0.895. The first-order valence-corrected chi connectivity index (χ1v) is 6.51. The molecule has 1 saturated heterocycles. The van der Waals surface area contributed by atoms with Crippen LogP contribution in [0, 0.1) is 5.92 Å². The summed E-state index contributed by atoms with van der Waals surface area (Å²) >= 11 is 0. The number of aliphatic hydroxyl groups is 1. The Morgan fingerprint density at radius 2 is 2.30 bits per heavy atom. The van der Waals surface area contributed by atoms with Crippen LogP contribution in [0.1, 0.15) is 12.0 Å². The normalized spacial score (nSPS) is 18.6. The van der Waals surface area contributed by atoms with E-state index in [1.807, 2.05) is 0 Å². The summed E-state index contributed by atoms with van der Waals surface area (Å²) < 4.78 is 28.5. The van der Waals surface area contributed by atoms with E-state index in [1.54, 1.807) is 17.0 Å². The summed E-state index contributed by atoms with van der Waals surface area (Å²) in [6.07, 6.45) is 0.954. The Morgan fingerprint density at radius 1 is 1.50 bits per heavy atom. The van der Waals surface area contributed by atoms with Gasteiger partial charge < -0.3 is 14.7 Å². The summed E-state index contributed by atoms with van der Waals surface area (Å²) in [4.78, 5) is 13.8. The molecular weight excluding hydrogens is 268 g/mol. The lowest BCUT2D eigenvalue weighted by molar-refractivity contribution is -0.129. The van der Waals surface area contributed by atoms with Crippen LogP contribution in [0.4, 0.5) is 8.78 Å². The SMILES string of the molecule is O=C(Cc1cccc(OC(F)F)c1)N1CCC(CO)C1. The van der Waals surface area contributed by atoms with Crippen LogP contribution in [-0.2, 0) is 11.2 Å². The number of benzene rings is 1. The van der Waals surface area contributed by atoms with E-state index in [1.165, 1.54) is 12.1 Å². The van der Waals surface area contributed by atoms with Crippen molar-refractivity contribution in [1.29, 1.82) is 0 Å². The van der Waals surface area contributed by atoms with Crippen molar-refractivity contribution in [2.45, 2.75) is 19.5 Å². The Hall–Kier alpha value is -1.69.